The third-order valence-electron chi connectivity index (χ3n) is 1.90. The van der Waals surface area contributed by atoms with Gasteiger partial charge in [-0.3, -0.25) is 4.79 Å². The number of nitrogens with zero attached hydrogens (tertiary/aromatic N) is 1. The smallest absolute Gasteiger partial charge is 0.386 e. The van der Waals surface area contributed by atoms with E-state index in [1.165, 1.54) is 12.3 Å². The molecule has 0 saturated heterocycles. The molecule has 0 unspecified atom stereocenters. The van der Waals surface area contributed by atoms with Crippen LogP contribution < -0.4 is 5.32 Å². The van der Waals surface area contributed by atoms with Gasteiger partial charge in [0.2, 0.25) is 0 Å². The molecule has 0 atom stereocenters. The Kier molecular flexibility index (Phi) is 6.09. The Morgan fingerprint density at radius 3 is 2.65 bits per heavy atom. The molecule has 0 aliphatic heterocycles. The molecule has 0 spiro atoms. The number of hydrogen-bond donors (Lipinski definition) is 1. The van der Waals surface area contributed by atoms with Crippen molar-refractivity contribution in [3.63, 3.8) is 0 Å². The number of oxime groups is 1. The lowest BCUT2D eigenvalue weighted by atomic mass is 10.2. The Labute approximate surface area is 122 Å². The van der Waals surface area contributed by atoms with E-state index in [0.717, 1.165) is 0 Å². The average Bonchev–Trinajstić information content (AvgIpc) is 2.35. The van der Waals surface area contributed by atoms with Gasteiger partial charge in [-0.25, -0.2) is 0 Å². The Balaban J connectivity index is 2.34. The Morgan fingerprint density at radius 2 is 2.05 bits per heavy atom. The molecule has 110 valence electrons. The Morgan fingerprint density at radius 1 is 1.35 bits per heavy atom. The maximum Gasteiger partial charge on any atom is 0.405 e. The maximum atomic E-state index is 11.8. The van der Waals surface area contributed by atoms with Crippen molar-refractivity contribution in [1.29, 1.82) is 0 Å². The first kappa shape index (κ1) is 16.6. The zero-order valence-corrected chi connectivity index (χ0v) is 11.4. The van der Waals surface area contributed by atoms with Gasteiger partial charge in [0.15, 0.2) is 6.61 Å². The van der Waals surface area contributed by atoms with Gasteiger partial charge in [-0.2, -0.15) is 13.2 Å². The second-order valence-electron chi connectivity index (χ2n) is 3.57. The van der Waals surface area contributed by atoms with Gasteiger partial charge in [-0.1, -0.05) is 34.4 Å². The van der Waals surface area contributed by atoms with E-state index in [1.54, 1.807) is 17.4 Å². The van der Waals surface area contributed by atoms with Gasteiger partial charge in [0.1, 0.15) is 6.54 Å². The molecule has 1 amide bonds. The molecular weight excluding hydrogens is 320 g/mol. The van der Waals surface area contributed by atoms with Gasteiger partial charge in [-0.15, -0.1) is 0 Å². The van der Waals surface area contributed by atoms with Crippen LogP contribution in [0.2, 0.25) is 10.0 Å². The van der Waals surface area contributed by atoms with Gasteiger partial charge in [0.25, 0.3) is 5.91 Å². The number of benzene rings is 1. The van der Waals surface area contributed by atoms with Gasteiger partial charge in [-0.05, 0) is 17.7 Å². The summed E-state index contributed by atoms with van der Waals surface area (Å²) in [5, 5.41) is 5.75. The standard InChI is InChI=1S/C11H9Cl2F3N2O2/c12-8-2-1-7(3-9(8)13)4-18-20-5-10(19)17-6-11(14,15)16/h1-4H,5-6H2,(H,17,19)/b18-4+. The number of nitrogens with one attached hydrogen (secondary N) is 1. The molecule has 0 aliphatic carbocycles. The minimum Gasteiger partial charge on any atom is -0.386 e. The summed E-state index contributed by atoms with van der Waals surface area (Å²) in [6, 6.07) is 4.66. The molecular formula is C11H9Cl2F3N2O2. The van der Waals surface area contributed by atoms with Crippen molar-refractivity contribution < 1.29 is 22.8 Å². The molecule has 1 rings (SSSR count). The summed E-state index contributed by atoms with van der Waals surface area (Å²) in [6.45, 7) is -2.03. The normalized spacial score (nSPS) is 11.7. The van der Waals surface area contributed by atoms with Crippen molar-refractivity contribution in [2.24, 2.45) is 5.16 Å². The molecule has 4 nitrogen and oxygen atoms in total. The second kappa shape index (κ2) is 7.35. The summed E-state index contributed by atoms with van der Waals surface area (Å²) in [6.07, 6.45) is -3.21. The predicted octanol–water partition coefficient (Wildman–Crippen LogP) is 3.02. The fraction of sp³-hybridized carbons (Fsp3) is 0.273. The maximum absolute atomic E-state index is 11.8. The van der Waals surface area contributed by atoms with E-state index in [-0.39, 0.29) is 0 Å². The van der Waals surface area contributed by atoms with Crippen LogP contribution in [-0.2, 0) is 9.63 Å². The SMILES string of the molecule is O=C(CO/N=C/c1ccc(Cl)c(Cl)c1)NCC(F)(F)F. The first-order chi connectivity index (χ1) is 9.28. The highest BCUT2D eigenvalue weighted by atomic mass is 35.5. The van der Waals surface area contributed by atoms with Gasteiger partial charge < -0.3 is 10.2 Å². The number of amides is 1. The van der Waals surface area contributed by atoms with E-state index in [2.05, 4.69) is 9.99 Å². The zero-order valence-electron chi connectivity index (χ0n) is 9.88. The fourth-order valence-electron chi connectivity index (χ4n) is 1.04. The fourth-order valence-corrected chi connectivity index (χ4v) is 1.34. The summed E-state index contributed by atoms with van der Waals surface area (Å²) in [5.41, 5.74) is 0.565. The van der Waals surface area contributed by atoms with Crippen LogP contribution in [0.15, 0.2) is 23.4 Å². The van der Waals surface area contributed by atoms with Crippen LogP contribution in [-0.4, -0.2) is 31.4 Å². The van der Waals surface area contributed by atoms with Gasteiger partial charge in [0, 0.05) is 0 Å². The lowest BCUT2D eigenvalue weighted by Crippen LogP contribution is -2.35. The molecule has 1 N–H and O–H groups in total. The van der Waals surface area contributed by atoms with Gasteiger partial charge >= 0.3 is 6.18 Å². The van der Waals surface area contributed by atoms with Crippen molar-refractivity contribution in [3.8, 4) is 0 Å². The summed E-state index contributed by atoms with van der Waals surface area (Å²) in [5.74, 6) is -0.923. The van der Waals surface area contributed by atoms with Crippen molar-refractivity contribution >= 4 is 35.3 Å². The molecule has 0 saturated carbocycles. The van der Waals surface area contributed by atoms with Crippen LogP contribution in [0.5, 0.6) is 0 Å². The molecule has 20 heavy (non-hydrogen) atoms. The van der Waals surface area contributed by atoms with Gasteiger partial charge in [0.05, 0.1) is 16.3 Å². The van der Waals surface area contributed by atoms with Crippen molar-refractivity contribution in [2.75, 3.05) is 13.2 Å². The lowest BCUT2D eigenvalue weighted by molar-refractivity contribution is -0.141. The minimum absolute atomic E-state index is 0.318. The highest BCUT2D eigenvalue weighted by Crippen LogP contribution is 2.21. The van der Waals surface area contributed by atoms with E-state index in [4.69, 9.17) is 23.2 Å². The Hall–Kier alpha value is -1.47. The molecule has 9 heteroatoms. The zero-order chi connectivity index (χ0) is 15.2. The minimum atomic E-state index is -4.46. The first-order valence-corrected chi connectivity index (χ1v) is 5.97. The quantitative estimate of drug-likeness (QED) is 0.667. The van der Waals surface area contributed by atoms with E-state index < -0.39 is 25.2 Å². The number of halogens is 5. The van der Waals surface area contributed by atoms with Crippen molar-refractivity contribution in [2.45, 2.75) is 6.18 Å². The van der Waals surface area contributed by atoms with Crippen LogP contribution >= 0.6 is 23.2 Å². The number of carbonyl (C=O) groups is 1. The van der Waals surface area contributed by atoms with E-state index in [1.807, 2.05) is 0 Å². The lowest BCUT2D eigenvalue weighted by Gasteiger charge is -2.07. The number of rotatable bonds is 5. The number of alkyl halides is 3. The van der Waals surface area contributed by atoms with E-state index in [9.17, 15) is 18.0 Å². The molecule has 0 fully saturated rings. The molecule has 0 bridgehead atoms. The average molecular weight is 329 g/mol. The summed E-state index contributed by atoms with van der Waals surface area (Å²) in [7, 11) is 0. The largest absolute Gasteiger partial charge is 0.405 e. The van der Waals surface area contributed by atoms with E-state index >= 15 is 0 Å². The molecule has 0 heterocycles. The molecule has 0 aliphatic rings. The van der Waals surface area contributed by atoms with Crippen LogP contribution in [0.4, 0.5) is 13.2 Å². The van der Waals surface area contributed by atoms with Crippen molar-refractivity contribution in [3.05, 3.63) is 33.8 Å². The number of carbonyl (C=O) groups excluding carboxylic acids is 1. The molecule has 0 radical (unpaired) electrons. The van der Waals surface area contributed by atoms with Crippen molar-refractivity contribution in [1.82, 2.24) is 5.32 Å². The van der Waals surface area contributed by atoms with Crippen LogP contribution in [0.1, 0.15) is 5.56 Å². The number of hydrogen-bond acceptors (Lipinski definition) is 3. The Bertz CT molecular complexity index is 507. The summed E-state index contributed by atoms with van der Waals surface area (Å²) >= 11 is 11.5. The molecule has 1 aromatic carbocycles. The summed E-state index contributed by atoms with van der Waals surface area (Å²) < 4.78 is 35.4. The highest BCUT2D eigenvalue weighted by molar-refractivity contribution is 6.42. The monoisotopic (exact) mass is 328 g/mol. The van der Waals surface area contributed by atoms with Crippen LogP contribution in [0, 0.1) is 0 Å². The second-order valence-corrected chi connectivity index (χ2v) is 4.39. The highest BCUT2D eigenvalue weighted by Gasteiger charge is 2.27. The van der Waals surface area contributed by atoms with Crippen LogP contribution in [0.25, 0.3) is 0 Å². The van der Waals surface area contributed by atoms with Crippen LogP contribution in [0.3, 0.4) is 0 Å². The summed E-state index contributed by atoms with van der Waals surface area (Å²) in [4.78, 5) is 15.5. The topological polar surface area (TPSA) is 50.7 Å². The predicted molar refractivity (Wildman–Crippen MR) is 69.1 cm³/mol. The first-order valence-electron chi connectivity index (χ1n) is 5.22. The molecule has 1 aromatic rings. The molecule has 0 aromatic heterocycles. The van der Waals surface area contributed by atoms with E-state index in [0.29, 0.717) is 15.6 Å². The third kappa shape index (κ3) is 6.63. The third-order valence-corrected chi connectivity index (χ3v) is 2.64.